The molecule has 0 radical (unpaired) electrons. The molecule has 0 amide bonds. The van der Waals surface area contributed by atoms with E-state index in [0.29, 0.717) is 0 Å². The number of hydrogen-bond donors (Lipinski definition) is 0. The van der Waals surface area contributed by atoms with E-state index >= 15 is 0 Å². The van der Waals surface area contributed by atoms with E-state index in [1.165, 1.54) is 28.7 Å². The smallest absolute Gasteiger partial charge is 0.111 e. The van der Waals surface area contributed by atoms with E-state index in [9.17, 15) is 0 Å². The third-order valence-corrected chi connectivity index (χ3v) is 3.32. The lowest BCUT2D eigenvalue weighted by Crippen LogP contribution is -1.95. The van der Waals surface area contributed by atoms with Crippen LogP contribution < -0.4 is 0 Å². The van der Waals surface area contributed by atoms with E-state index in [1.807, 2.05) is 6.26 Å². The Morgan fingerprint density at radius 3 is 2.69 bits per heavy atom. The van der Waals surface area contributed by atoms with Crippen LogP contribution in [0.3, 0.4) is 0 Å². The molecule has 0 aromatic carbocycles. The Morgan fingerprint density at radius 1 is 1.06 bits per heavy atom. The molecule has 86 valence electrons. The number of aryl methyl sites for hydroxylation is 1. The fraction of sp³-hybridized carbons (Fsp3) is 0.467. The van der Waals surface area contributed by atoms with Gasteiger partial charge in [0.1, 0.15) is 5.76 Å². The maximum absolute atomic E-state index is 5.65. The van der Waals surface area contributed by atoms with Gasteiger partial charge in [0.15, 0.2) is 0 Å². The van der Waals surface area contributed by atoms with Gasteiger partial charge in [0, 0.05) is 12.0 Å². The van der Waals surface area contributed by atoms with Crippen molar-refractivity contribution in [1.82, 2.24) is 0 Å². The lowest BCUT2D eigenvalue weighted by Gasteiger charge is -2.07. The van der Waals surface area contributed by atoms with Gasteiger partial charge in [-0.15, -0.1) is 0 Å². The van der Waals surface area contributed by atoms with Crippen molar-refractivity contribution in [1.29, 1.82) is 0 Å². The highest BCUT2D eigenvalue weighted by atomic mass is 16.3. The first-order valence-electron chi connectivity index (χ1n) is 6.04. The minimum absolute atomic E-state index is 0.968. The second-order valence-corrected chi connectivity index (χ2v) is 4.84. The van der Waals surface area contributed by atoms with Crippen molar-refractivity contribution >= 4 is 0 Å². The van der Waals surface area contributed by atoms with Gasteiger partial charge in [0.2, 0.25) is 0 Å². The fourth-order valence-electron chi connectivity index (χ4n) is 2.19. The van der Waals surface area contributed by atoms with E-state index < -0.39 is 0 Å². The molecule has 2 rings (SSSR count). The van der Waals surface area contributed by atoms with Crippen molar-refractivity contribution in [3.63, 3.8) is 0 Å². The van der Waals surface area contributed by atoms with Gasteiger partial charge in [0.05, 0.1) is 6.26 Å². The zero-order valence-corrected chi connectivity index (χ0v) is 10.5. The Morgan fingerprint density at radius 2 is 1.88 bits per heavy atom. The van der Waals surface area contributed by atoms with E-state index in [-0.39, 0.29) is 0 Å². The molecule has 0 fully saturated rings. The van der Waals surface area contributed by atoms with Crippen molar-refractivity contribution in [2.24, 2.45) is 0 Å². The summed E-state index contributed by atoms with van der Waals surface area (Å²) in [6.45, 7) is 6.55. The van der Waals surface area contributed by atoms with Gasteiger partial charge >= 0.3 is 0 Å². The first kappa shape index (κ1) is 11.3. The van der Waals surface area contributed by atoms with Crippen molar-refractivity contribution in [3.8, 4) is 0 Å². The average molecular weight is 216 g/mol. The Balaban J connectivity index is 2.36. The first-order valence-corrected chi connectivity index (χ1v) is 6.04. The lowest BCUT2D eigenvalue weighted by atomic mass is 9.98. The molecule has 0 saturated heterocycles. The average Bonchev–Trinajstić information content (AvgIpc) is 2.57. The number of allylic oxidation sites excluding steroid dienone is 4. The minimum Gasteiger partial charge on any atom is -0.468 e. The SMILES string of the molecule is CC1=CCc2c(C)coc2CC(C)=CCC1. The predicted octanol–water partition coefficient (Wildman–Crippen LogP) is 4.36. The first-order chi connectivity index (χ1) is 7.66. The van der Waals surface area contributed by atoms with Crippen LogP contribution in [0.2, 0.25) is 0 Å². The monoisotopic (exact) mass is 216 g/mol. The van der Waals surface area contributed by atoms with Gasteiger partial charge in [-0.05, 0) is 45.6 Å². The molecule has 1 aromatic rings. The molecule has 0 unspecified atom stereocenters. The summed E-state index contributed by atoms with van der Waals surface area (Å²) in [7, 11) is 0. The van der Waals surface area contributed by atoms with Crippen molar-refractivity contribution in [3.05, 3.63) is 46.4 Å². The maximum atomic E-state index is 5.65. The molecule has 1 aliphatic carbocycles. The van der Waals surface area contributed by atoms with Crippen LogP contribution in [0, 0.1) is 6.92 Å². The van der Waals surface area contributed by atoms with Crippen LogP contribution in [-0.4, -0.2) is 0 Å². The summed E-state index contributed by atoms with van der Waals surface area (Å²) >= 11 is 0. The molecule has 0 aliphatic heterocycles. The summed E-state index contributed by atoms with van der Waals surface area (Å²) in [6, 6.07) is 0. The highest BCUT2D eigenvalue weighted by Crippen LogP contribution is 2.23. The van der Waals surface area contributed by atoms with Crippen LogP contribution in [-0.2, 0) is 12.8 Å². The van der Waals surface area contributed by atoms with Crippen LogP contribution in [0.4, 0.5) is 0 Å². The van der Waals surface area contributed by atoms with E-state index in [0.717, 1.165) is 25.0 Å². The van der Waals surface area contributed by atoms with Crippen molar-refractivity contribution < 1.29 is 4.42 Å². The van der Waals surface area contributed by atoms with Gasteiger partial charge in [-0.2, -0.15) is 0 Å². The summed E-state index contributed by atoms with van der Waals surface area (Å²) in [6.07, 6.45) is 10.9. The fourth-order valence-corrected chi connectivity index (χ4v) is 2.19. The summed E-state index contributed by atoms with van der Waals surface area (Å²) in [5.41, 5.74) is 5.57. The topological polar surface area (TPSA) is 13.1 Å². The summed E-state index contributed by atoms with van der Waals surface area (Å²) < 4.78 is 5.65. The highest BCUT2D eigenvalue weighted by Gasteiger charge is 2.11. The van der Waals surface area contributed by atoms with Crippen LogP contribution in [0.5, 0.6) is 0 Å². The zero-order valence-electron chi connectivity index (χ0n) is 10.5. The van der Waals surface area contributed by atoms with Crippen molar-refractivity contribution in [2.45, 2.75) is 46.5 Å². The Hall–Kier alpha value is -1.24. The summed E-state index contributed by atoms with van der Waals surface area (Å²) in [5.74, 6) is 1.15. The van der Waals surface area contributed by atoms with Gasteiger partial charge in [0.25, 0.3) is 0 Å². The third kappa shape index (κ3) is 2.46. The van der Waals surface area contributed by atoms with E-state index in [1.54, 1.807) is 0 Å². The Bertz CT molecular complexity index is 432. The van der Waals surface area contributed by atoms with Crippen LogP contribution in [0.25, 0.3) is 0 Å². The lowest BCUT2D eigenvalue weighted by molar-refractivity contribution is 0.514. The number of hydrogen-bond acceptors (Lipinski definition) is 1. The molecule has 1 heteroatoms. The van der Waals surface area contributed by atoms with Gasteiger partial charge in [-0.25, -0.2) is 0 Å². The number of furan rings is 1. The number of fused-ring (bicyclic) bond motifs is 1. The molecule has 1 heterocycles. The van der Waals surface area contributed by atoms with Gasteiger partial charge in [-0.1, -0.05) is 23.3 Å². The molecule has 16 heavy (non-hydrogen) atoms. The minimum atomic E-state index is 0.968. The standard InChI is InChI=1S/C15H20O/c1-11-5-4-6-12(2)9-15-14(8-7-11)13(3)10-16-15/h6-7,10H,4-5,8-9H2,1-3H3. The normalized spacial score (nSPS) is 17.4. The maximum Gasteiger partial charge on any atom is 0.111 e. The van der Waals surface area contributed by atoms with Crippen LogP contribution in [0.1, 0.15) is 43.6 Å². The van der Waals surface area contributed by atoms with Crippen LogP contribution in [0.15, 0.2) is 34.0 Å². The Kier molecular flexibility index (Phi) is 3.33. The van der Waals surface area contributed by atoms with Crippen LogP contribution >= 0.6 is 0 Å². The molecule has 1 aromatic heterocycles. The number of rotatable bonds is 0. The quantitative estimate of drug-likeness (QED) is 0.587. The molecule has 0 spiro atoms. The Labute approximate surface area is 97.9 Å². The summed E-state index contributed by atoms with van der Waals surface area (Å²) in [5, 5.41) is 0. The molecule has 0 saturated carbocycles. The van der Waals surface area contributed by atoms with E-state index in [2.05, 4.69) is 32.9 Å². The molecule has 0 N–H and O–H groups in total. The zero-order chi connectivity index (χ0) is 11.5. The van der Waals surface area contributed by atoms with Gasteiger partial charge in [-0.3, -0.25) is 0 Å². The molecular weight excluding hydrogens is 196 g/mol. The molecular formula is C15H20O. The largest absolute Gasteiger partial charge is 0.468 e. The highest BCUT2D eigenvalue weighted by molar-refractivity contribution is 5.32. The predicted molar refractivity (Wildman–Crippen MR) is 67.6 cm³/mol. The molecule has 1 aliphatic rings. The van der Waals surface area contributed by atoms with Crippen molar-refractivity contribution in [2.75, 3.05) is 0 Å². The third-order valence-electron chi connectivity index (χ3n) is 3.32. The van der Waals surface area contributed by atoms with Gasteiger partial charge < -0.3 is 4.42 Å². The summed E-state index contributed by atoms with van der Waals surface area (Å²) in [4.78, 5) is 0. The molecule has 0 atom stereocenters. The molecule has 1 nitrogen and oxygen atoms in total. The second kappa shape index (κ2) is 4.73. The molecule has 0 bridgehead atoms. The second-order valence-electron chi connectivity index (χ2n) is 4.84. The van der Waals surface area contributed by atoms with E-state index in [4.69, 9.17) is 4.42 Å².